The van der Waals surface area contributed by atoms with E-state index in [1.54, 1.807) is 36.4 Å². The first kappa shape index (κ1) is 10.6. The Hall–Kier alpha value is -1.87. The van der Waals surface area contributed by atoms with Gasteiger partial charge in [0.1, 0.15) is 0 Å². The third kappa shape index (κ3) is 2.04. The predicted octanol–water partition coefficient (Wildman–Crippen LogP) is 3.42. The Balaban J connectivity index is 2.38. The molecule has 0 saturated heterocycles. The molecule has 3 nitrogen and oxygen atoms in total. The van der Waals surface area contributed by atoms with Gasteiger partial charge in [0.2, 0.25) is 0 Å². The lowest BCUT2D eigenvalue weighted by Gasteiger charge is -2.10. The van der Waals surface area contributed by atoms with Crippen LogP contribution in [-0.2, 0) is 0 Å². The van der Waals surface area contributed by atoms with Gasteiger partial charge < -0.3 is 15.6 Å². The summed E-state index contributed by atoms with van der Waals surface area (Å²) in [5.74, 6) is 0.717. The van der Waals surface area contributed by atoms with Crippen LogP contribution < -0.4 is 10.5 Å². The van der Waals surface area contributed by atoms with Gasteiger partial charge in [0.05, 0.1) is 10.7 Å². The van der Waals surface area contributed by atoms with Gasteiger partial charge in [-0.1, -0.05) is 29.8 Å². The summed E-state index contributed by atoms with van der Waals surface area (Å²) in [6.07, 6.45) is 0. The lowest BCUT2D eigenvalue weighted by atomic mass is 10.3. The summed E-state index contributed by atoms with van der Waals surface area (Å²) in [6.45, 7) is 0. The van der Waals surface area contributed by atoms with Crippen LogP contribution in [0.1, 0.15) is 0 Å². The predicted molar refractivity (Wildman–Crippen MR) is 64.0 cm³/mol. The summed E-state index contributed by atoms with van der Waals surface area (Å²) in [7, 11) is 0. The molecule has 2 rings (SSSR count). The van der Waals surface area contributed by atoms with E-state index in [-0.39, 0.29) is 5.75 Å². The minimum atomic E-state index is 0.0434. The third-order valence-corrected chi connectivity index (χ3v) is 2.37. The number of para-hydroxylation sites is 3. The maximum atomic E-state index is 9.54. The molecule has 0 heterocycles. The van der Waals surface area contributed by atoms with Gasteiger partial charge in [0, 0.05) is 0 Å². The smallest absolute Gasteiger partial charge is 0.169 e. The maximum absolute atomic E-state index is 9.54. The Kier molecular flexibility index (Phi) is 2.88. The van der Waals surface area contributed by atoms with E-state index in [2.05, 4.69) is 0 Å². The van der Waals surface area contributed by atoms with Crippen LogP contribution in [0.15, 0.2) is 42.5 Å². The second kappa shape index (κ2) is 4.33. The van der Waals surface area contributed by atoms with Crippen molar-refractivity contribution in [1.82, 2.24) is 0 Å². The van der Waals surface area contributed by atoms with Crippen molar-refractivity contribution in [2.24, 2.45) is 0 Å². The number of benzene rings is 2. The molecule has 0 unspecified atom stereocenters. The second-order valence-corrected chi connectivity index (χ2v) is 3.64. The lowest BCUT2D eigenvalue weighted by molar-refractivity contribution is 0.412. The van der Waals surface area contributed by atoms with E-state index in [9.17, 15) is 5.11 Å². The molecule has 0 spiro atoms. The number of anilines is 1. The van der Waals surface area contributed by atoms with E-state index in [0.717, 1.165) is 0 Å². The molecule has 0 aliphatic rings. The molecule has 0 bridgehead atoms. The quantitative estimate of drug-likeness (QED) is 0.785. The molecule has 0 saturated carbocycles. The van der Waals surface area contributed by atoms with Gasteiger partial charge in [0.15, 0.2) is 17.2 Å². The summed E-state index contributed by atoms with van der Waals surface area (Å²) in [6, 6.07) is 11.7. The van der Waals surface area contributed by atoms with Gasteiger partial charge in [-0.2, -0.15) is 0 Å². The minimum Gasteiger partial charge on any atom is -0.504 e. The number of phenolic OH excluding ortho intramolecular Hbond substituents is 1. The Bertz CT molecular complexity index is 494. The molecule has 2 aromatic rings. The molecule has 0 aliphatic carbocycles. The zero-order valence-corrected chi connectivity index (χ0v) is 9.11. The number of halogens is 1. The molecular weight excluding hydrogens is 226 g/mol. The Morgan fingerprint density at radius 1 is 1.06 bits per heavy atom. The van der Waals surface area contributed by atoms with Crippen molar-refractivity contribution in [2.45, 2.75) is 0 Å². The second-order valence-electron chi connectivity index (χ2n) is 3.23. The molecule has 0 amide bonds. The summed E-state index contributed by atoms with van der Waals surface area (Å²) >= 11 is 5.95. The van der Waals surface area contributed by atoms with Crippen LogP contribution in [0.3, 0.4) is 0 Å². The van der Waals surface area contributed by atoms with E-state index < -0.39 is 0 Å². The first-order chi connectivity index (χ1) is 7.68. The Morgan fingerprint density at radius 2 is 1.81 bits per heavy atom. The number of hydrogen-bond donors (Lipinski definition) is 2. The standard InChI is InChI=1S/C12H10ClNO2/c13-8-4-3-5-9(14)12(8)16-11-7-2-1-6-10(11)15/h1-7,15H,14H2. The molecule has 0 aromatic heterocycles. The van der Waals surface area contributed by atoms with Crippen LogP contribution in [0.2, 0.25) is 5.02 Å². The van der Waals surface area contributed by atoms with E-state index in [4.69, 9.17) is 22.1 Å². The van der Waals surface area contributed by atoms with Crippen molar-refractivity contribution in [3.63, 3.8) is 0 Å². The molecule has 2 aromatic carbocycles. The summed E-state index contributed by atoms with van der Waals surface area (Å²) in [4.78, 5) is 0. The summed E-state index contributed by atoms with van der Waals surface area (Å²) < 4.78 is 5.46. The SMILES string of the molecule is Nc1cccc(Cl)c1Oc1ccccc1O. The number of phenols is 1. The fourth-order valence-electron chi connectivity index (χ4n) is 1.29. The van der Waals surface area contributed by atoms with Crippen LogP contribution in [0.25, 0.3) is 0 Å². The molecule has 0 radical (unpaired) electrons. The van der Waals surface area contributed by atoms with Crippen molar-refractivity contribution in [3.8, 4) is 17.2 Å². The van der Waals surface area contributed by atoms with Gasteiger partial charge in [-0.15, -0.1) is 0 Å². The lowest BCUT2D eigenvalue weighted by Crippen LogP contribution is -1.92. The van der Waals surface area contributed by atoms with Crippen LogP contribution in [0.4, 0.5) is 5.69 Å². The van der Waals surface area contributed by atoms with Crippen molar-refractivity contribution in [1.29, 1.82) is 0 Å². The third-order valence-electron chi connectivity index (χ3n) is 2.07. The van der Waals surface area contributed by atoms with Crippen LogP contribution in [0.5, 0.6) is 17.2 Å². The highest BCUT2D eigenvalue weighted by molar-refractivity contribution is 6.32. The fraction of sp³-hybridized carbons (Fsp3) is 0. The Morgan fingerprint density at radius 3 is 2.50 bits per heavy atom. The fourth-order valence-corrected chi connectivity index (χ4v) is 1.51. The zero-order chi connectivity index (χ0) is 11.5. The average molecular weight is 236 g/mol. The highest BCUT2D eigenvalue weighted by Gasteiger charge is 2.09. The van der Waals surface area contributed by atoms with Gasteiger partial charge in [-0.25, -0.2) is 0 Å². The van der Waals surface area contributed by atoms with E-state index in [1.807, 2.05) is 0 Å². The zero-order valence-electron chi connectivity index (χ0n) is 8.35. The van der Waals surface area contributed by atoms with Crippen LogP contribution in [-0.4, -0.2) is 5.11 Å². The molecule has 0 aliphatic heterocycles. The topological polar surface area (TPSA) is 55.5 Å². The average Bonchev–Trinajstić information content (AvgIpc) is 2.26. The number of hydrogen-bond acceptors (Lipinski definition) is 3. The van der Waals surface area contributed by atoms with Gasteiger partial charge in [-0.3, -0.25) is 0 Å². The first-order valence-electron chi connectivity index (χ1n) is 4.68. The number of nitrogens with two attached hydrogens (primary N) is 1. The molecule has 4 heteroatoms. The van der Waals surface area contributed by atoms with Crippen molar-refractivity contribution >= 4 is 17.3 Å². The van der Waals surface area contributed by atoms with E-state index in [1.165, 1.54) is 6.07 Å². The van der Waals surface area contributed by atoms with Crippen molar-refractivity contribution in [2.75, 3.05) is 5.73 Å². The number of aromatic hydroxyl groups is 1. The van der Waals surface area contributed by atoms with Crippen LogP contribution in [0, 0.1) is 0 Å². The molecule has 3 N–H and O–H groups in total. The first-order valence-corrected chi connectivity index (χ1v) is 5.06. The van der Waals surface area contributed by atoms with E-state index in [0.29, 0.717) is 22.2 Å². The van der Waals surface area contributed by atoms with Crippen molar-refractivity contribution in [3.05, 3.63) is 47.5 Å². The number of nitrogen functional groups attached to an aromatic ring is 1. The molecule has 0 atom stereocenters. The highest BCUT2D eigenvalue weighted by atomic mass is 35.5. The van der Waals surface area contributed by atoms with Gasteiger partial charge in [-0.05, 0) is 24.3 Å². The molecular formula is C12H10ClNO2. The Labute approximate surface area is 98.0 Å². The van der Waals surface area contributed by atoms with Gasteiger partial charge in [0.25, 0.3) is 0 Å². The largest absolute Gasteiger partial charge is 0.504 e. The molecule has 0 fully saturated rings. The molecule has 16 heavy (non-hydrogen) atoms. The normalized spacial score (nSPS) is 10.1. The van der Waals surface area contributed by atoms with Crippen molar-refractivity contribution < 1.29 is 9.84 Å². The monoisotopic (exact) mass is 235 g/mol. The summed E-state index contributed by atoms with van der Waals surface area (Å²) in [5.41, 5.74) is 6.15. The van der Waals surface area contributed by atoms with E-state index >= 15 is 0 Å². The number of ether oxygens (including phenoxy) is 1. The van der Waals surface area contributed by atoms with Crippen LogP contribution >= 0.6 is 11.6 Å². The maximum Gasteiger partial charge on any atom is 0.169 e. The highest BCUT2D eigenvalue weighted by Crippen LogP contribution is 2.37. The minimum absolute atomic E-state index is 0.0434. The van der Waals surface area contributed by atoms with Gasteiger partial charge >= 0.3 is 0 Å². The number of rotatable bonds is 2. The molecule has 82 valence electrons. The summed E-state index contributed by atoms with van der Waals surface area (Å²) in [5, 5.41) is 9.95.